The van der Waals surface area contributed by atoms with E-state index in [9.17, 15) is 0 Å². The Morgan fingerprint density at radius 1 is 1.24 bits per heavy atom. The van der Waals surface area contributed by atoms with E-state index < -0.39 is 0 Å². The van der Waals surface area contributed by atoms with Crippen molar-refractivity contribution < 1.29 is 0 Å². The molecule has 0 amide bonds. The van der Waals surface area contributed by atoms with Crippen molar-refractivity contribution in [2.24, 2.45) is 30.5 Å². The molecule has 1 aliphatic rings. The molecule has 3 nitrogen and oxygen atoms in total. The minimum absolute atomic E-state index is 0.204. The molecule has 1 saturated carbocycles. The van der Waals surface area contributed by atoms with Crippen LogP contribution in [0.1, 0.15) is 57.8 Å². The number of hydrogen-bond acceptors (Lipinski definition) is 2. The molecule has 21 heavy (non-hydrogen) atoms. The summed E-state index contributed by atoms with van der Waals surface area (Å²) in [5.41, 5.74) is 8.59. The first-order chi connectivity index (χ1) is 9.93. The Labute approximate surface area is 134 Å². The fourth-order valence-electron chi connectivity index (χ4n) is 3.67. The molecule has 1 unspecified atom stereocenters. The van der Waals surface area contributed by atoms with Gasteiger partial charge in [-0.2, -0.15) is 5.10 Å². The van der Waals surface area contributed by atoms with Gasteiger partial charge in [0.05, 0.1) is 16.4 Å². The van der Waals surface area contributed by atoms with Crippen LogP contribution in [0.3, 0.4) is 0 Å². The smallest absolute Gasteiger partial charge is 0.0850 e. The second kappa shape index (κ2) is 7.15. The Morgan fingerprint density at radius 2 is 1.81 bits per heavy atom. The lowest BCUT2D eigenvalue weighted by atomic mass is 9.74. The van der Waals surface area contributed by atoms with Crippen LogP contribution in [0.5, 0.6) is 0 Å². The summed E-state index contributed by atoms with van der Waals surface area (Å²) in [5, 5.41) is 5.32. The maximum absolute atomic E-state index is 6.49. The normalized spacial score (nSPS) is 24.5. The maximum atomic E-state index is 6.49. The lowest BCUT2D eigenvalue weighted by Gasteiger charge is -2.34. The molecule has 1 aromatic heterocycles. The topological polar surface area (TPSA) is 43.8 Å². The van der Waals surface area contributed by atoms with Crippen molar-refractivity contribution in [3.05, 3.63) is 16.4 Å². The first-order valence-electron chi connectivity index (χ1n) is 8.39. The Bertz CT molecular complexity index is 459. The average molecular weight is 312 g/mol. The van der Waals surface area contributed by atoms with Crippen molar-refractivity contribution in [2.75, 3.05) is 0 Å². The molecular weight excluding hydrogens is 282 g/mol. The zero-order chi connectivity index (χ0) is 15.6. The van der Waals surface area contributed by atoms with Crippen molar-refractivity contribution in [3.8, 4) is 0 Å². The summed E-state index contributed by atoms with van der Waals surface area (Å²) in [5.74, 6) is 2.33. The van der Waals surface area contributed by atoms with E-state index in [4.69, 9.17) is 17.3 Å². The highest BCUT2D eigenvalue weighted by Gasteiger charge is 2.28. The van der Waals surface area contributed by atoms with Gasteiger partial charge < -0.3 is 5.73 Å². The Kier molecular flexibility index (Phi) is 5.73. The van der Waals surface area contributed by atoms with Crippen LogP contribution in [0, 0.1) is 17.8 Å². The minimum Gasteiger partial charge on any atom is -0.327 e. The van der Waals surface area contributed by atoms with E-state index in [1.54, 1.807) is 0 Å². The first-order valence-corrected chi connectivity index (χ1v) is 8.77. The number of aromatic nitrogens is 2. The van der Waals surface area contributed by atoms with E-state index in [0.717, 1.165) is 41.1 Å². The molecule has 0 saturated heterocycles. The average Bonchev–Trinajstić information content (AvgIpc) is 2.74. The van der Waals surface area contributed by atoms with Crippen LogP contribution >= 0.6 is 11.6 Å². The number of halogens is 1. The van der Waals surface area contributed by atoms with Crippen LogP contribution in [0.2, 0.25) is 5.02 Å². The van der Waals surface area contributed by atoms with Gasteiger partial charge in [0, 0.05) is 19.5 Å². The third kappa shape index (κ3) is 3.81. The quantitative estimate of drug-likeness (QED) is 0.894. The van der Waals surface area contributed by atoms with Crippen molar-refractivity contribution in [1.29, 1.82) is 0 Å². The number of hydrogen-bond donors (Lipinski definition) is 1. The number of rotatable bonds is 5. The minimum atomic E-state index is 0.204. The maximum Gasteiger partial charge on any atom is 0.0850 e. The predicted molar refractivity (Wildman–Crippen MR) is 89.6 cm³/mol. The Hall–Kier alpha value is -0.540. The molecule has 0 spiro atoms. The summed E-state index contributed by atoms with van der Waals surface area (Å²) < 4.78 is 1.92. The third-order valence-electron chi connectivity index (χ3n) is 5.30. The van der Waals surface area contributed by atoms with Gasteiger partial charge in [-0.3, -0.25) is 4.68 Å². The number of nitrogens with two attached hydrogens (primary N) is 1. The zero-order valence-electron chi connectivity index (χ0n) is 13.9. The van der Waals surface area contributed by atoms with Crippen LogP contribution in [-0.2, 0) is 19.9 Å². The lowest BCUT2D eigenvalue weighted by Crippen LogP contribution is -2.36. The molecular formula is C17H30ClN3. The zero-order valence-corrected chi connectivity index (χ0v) is 14.7. The number of aryl methyl sites for hydroxylation is 2. The molecule has 2 N–H and O–H groups in total. The van der Waals surface area contributed by atoms with Crippen molar-refractivity contribution >= 4 is 11.6 Å². The molecule has 120 valence electrons. The Balaban J connectivity index is 1.96. The van der Waals surface area contributed by atoms with E-state index in [-0.39, 0.29) is 6.04 Å². The molecule has 2 rings (SSSR count). The number of nitrogens with zero attached hydrogens (tertiary/aromatic N) is 2. The Morgan fingerprint density at radius 3 is 2.29 bits per heavy atom. The van der Waals surface area contributed by atoms with Crippen LogP contribution in [-0.4, -0.2) is 15.8 Å². The molecule has 4 heteroatoms. The summed E-state index contributed by atoms with van der Waals surface area (Å²) in [6, 6.07) is 0.204. The summed E-state index contributed by atoms with van der Waals surface area (Å²) >= 11 is 6.44. The SMILES string of the molecule is CCc1nn(C)c(CC(N)C2CCC(C(C)C)CC2)c1Cl. The van der Waals surface area contributed by atoms with Crippen LogP contribution in [0.15, 0.2) is 0 Å². The van der Waals surface area contributed by atoms with Gasteiger partial charge in [0.2, 0.25) is 0 Å². The summed E-state index contributed by atoms with van der Waals surface area (Å²) in [6.45, 7) is 6.77. The van der Waals surface area contributed by atoms with Gasteiger partial charge in [0.1, 0.15) is 0 Å². The molecule has 0 bridgehead atoms. The van der Waals surface area contributed by atoms with Crippen LogP contribution in [0.25, 0.3) is 0 Å². The van der Waals surface area contributed by atoms with Gasteiger partial charge in [-0.1, -0.05) is 32.4 Å². The largest absolute Gasteiger partial charge is 0.327 e. The lowest BCUT2D eigenvalue weighted by molar-refractivity contribution is 0.202. The summed E-state index contributed by atoms with van der Waals surface area (Å²) in [4.78, 5) is 0. The molecule has 1 aliphatic carbocycles. The van der Waals surface area contributed by atoms with Crippen LogP contribution in [0.4, 0.5) is 0 Å². The highest BCUT2D eigenvalue weighted by Crippen LogP contribution is 2.35. The summed E-state index contributed by atoms with van der Waals surface area (Å²) in [7, 11) is 1.97. The van der Waals surface area contributed by atoms with Gasteiger partial charge in [-0.25, -0.2) is 0 Å². The molecule has 0 aliphatic heterocycles. The molecule has 1 atom stereocenters. The monoisotopic (exact) mass is 311 g/mol. The van der Waals surface area contributed by atoms with Crippen LogP contribution < -0.4 is 5.73 Å². The second-order valence-corrected chi connectivity index (χ2v) is 7.35. The molecule has 0 radical (unpaired) electrons. The fraction of sp³-hybridized carbons (Fsp3) is 0.824. The molecule has 1 fully saturated rings. The van der Waals surface area contributed by atoms with Crippen molar-refractivity contribution in [2.45, 2.75) is 65.3 Å². The predicted octanol–water partition coefficient (Wildman–Crippen LogP) is 3.97. The van der Waals surface area contributed by atoms with Gasteiger partial charge in [0.15, 0.2) is 0 Å². The van der Waals surface area contributed by atoms with Crippen molar-refractivity contribution in [3.63, 3.8) is 0 Å². The van der Waals surface area contributed by atoms with E-state index in [0.29, 0.717) is 5.92 Å². The first kappa shape index (κ1) is 16.8. The molecule has 0 aromatic carbocycles. The van der Waals surface area contributed by atoms with E-state index in [1.807, 2.05) is 11.7 Å². The van der Waals surface area contributed by atoms with Gasteiger partial charge >= 0.3 is 0 Å². The van der Waals surface area contributed by atoms with E-state index >= 15 is 0 Å². The third-order valence-corrected chi connectivity index (χ3v) is 5.73. The van der Waals surface area contributed by atoms with Gasteiger partial charge in [-0.05, 0) is 49.9 Å². The van der Waals surface area contributed by atoms with Gasteiger partial charge in [0.25, 0.3) is 0 Å². The highest BCUT2D eigenvalue weighted by molar-refractivity contribution is 6.31. The van der Waals surface area contributed by atoms with Crippen molar-refractivity contribution in [1.82, 2.24) is 9.78 Å². The molecule has 1 heterocycles. The fourth-order valence-corrected chi connectivity index (χ4v) is 4.04. The second-order valence-electron chi connectivity index (χ2n) is 6.97. The highest BCUT2D eigenvalue weighted by atomic mass is 35.5. The van der Waals surface area contributed by atoms with E-state index in [2.05, 4.69) is 25.9 Å². The standard InChI is InChI=1S/C17H30ClN3/c1-5-15-17(18)16(21(4)20-15)10-14(19)13-8-6-12(7-9-13)11(2)3/h11-14H,5-10,19H2,1-4H3. The summed E-state index contributed by atoms with van der Waals surface area (Å²) in [6.07, 6.45) is 6.91. The molecule has 1 aromatic rings. The van der Waals surface area contributed by atoms with Gasteiger partial charge in [-0.15, -0.1) is 0 Å². The van der Waals surface area contributed by atoms with E-state index in [1.165, 1.54) is 25.7 Å².